The number of amides is 1. The van der Waals surface area contributed by atoms with Crippen LogP contribution in [0.5, 0.6) is 5.75 Å². The van der Waals surface area contributed by atoms with Crippen LogP contribution in [-0.2, 0) is 0 Å². The number of phenolic OH excluding ortho intramolecular Hbond substituents is 1. The van der Waals surface area contributed by atoms with Gasteiger partial charge in [0.2, 0.25) is 0 Å². The van der Waals surface area contributed by atoms with Crippen molar-refractivity contribution < 1.29 is 14.3 Å². The molecule has 5 rings (SSSR count). The molecule has 1 amide bonds. The number of H-pyrrole nitrogens is 1. The maximum atomic E-state index is 14.8. The van der Waals surface area contributed by atoms with Gasteiger partial charge >= 0.3 is 0 Å². The molecule has 0 aliphatic carbocycles. The maximum absolute atomic E-state index is 14.8. The van der Waals surface area contributed by atoms with Gasteiger partial charge in [-0.3, -0.25) is 4.79 Å². The smallest absolute Gasteiger partial charge is 0.252 e. The number of carbonyl (C=O) groups excluding carboxylic acids is 1. The topological polar surface area (TPSA) is 89.8 Å². The van der Waals surface area contributed by atoms with Gasteiger partial charge in [-0.25, -0.2) is 4.39 Å². The van der Waals surface area contributed by atoms with Gasteiger partial charge in [0.25, 0.3) is 5.91 Å². The fourth-order valence-electron chi connectivity index (χ4n) is 4.15. The first-order chi connectivity index (χ1) is 14.6. The van der Waals surface area contributed by atoms with Gasteiger partial charge < -0.3 is 15.4 Å². The number of nitrogens with zero attached hydrogens (tertiary/aromatic N) is 2. The Morgan fingerprint density at radius 1 is 1.13 bits per heavy atom. The lowest BCUT2D eigenvalue weighted by Crippen LogP contribution is -2.39. The molecule has 7 heteroatoms. The molecular formula is C23H19FN4O2. The first kappa shape index (κ1) is 18.3. The third-order valence-electron chi connectivity index (χ3n) is 5.65. The van der Waals surface area contributed by atoms with Crippen LogP contribution in [0.1, 0.15) is 52.9 Å². The van der Waals surface area contributed by atoms with Crippen LogP contribution in [0.2, 0.25) is 0 Å². The van der Waals surface area contributed by atoms with E-state index in [2.05, 4.69) is 20.5 Å². The lowest BCUT2D eigenvalue weighted by Gasteiger charge is -2.24. The van der Waals surface area contributed by atoms with Crippen molar-refractivity contribution in [3.8, 4) is 5.75 Å². The van der Waals surface area contributed by atoms with Crippen molar-refractivity contribution in [2.24, 2.45) is 10.2 Å². The lowest BCUT2D eigenvalue weighted by atomic mass is 9.88. The highest BCUT2D eigenvalue weighted by Gasteiger charge is 2.29. The molecule has 150 valence electrons. The second-order valence-corrected chi connectivity index (χ2v) is 7.40. The van der Waals surface area contributed by atoms with E-state index in [1.807, 2.05) is 25.1 Å². The van der Waals surface area contributed by atoms with Gasteiger partial charge in [0.1, 0.15) is 11.6 Å². The zero-order valence-corrected chi connectivity index (χ0v) is 16.2. The van der Waals surface area contributed by atoms with E-state index in [1.165, 1.54) is 12.1 Å². The van der Waals surface area contributed by atoms with Gasteiger partial charge in [-0.05, 0) is 29.7 Å². The standard InChI is InChI=1S/C23H19FN4O2/c1-2-12-9-17-14-5-3-4-6-15(14)23(30)26-21(16-8-7-13(29)10-19(16)24)18-11-25-22(20(17)18)28-27-12/h3-8,10-11,21,29H,2,9H2,1H3,(H,25,28)(H,26,30). The second-order valence-electron chi connectivity index (χ2n) is 7.40. The molecule has 0 saturated carbocycles. The highest BCUT2D eigenvalue weighted by Crippen LogP contribution is 2.30. The number of fused-ring (bicyclic) bond motifs is 2. The molecular weight excluding hydrogens is 383 g/mol. The summed E-state index contributed by atoms with van der Waals surface area (Å²) in [4.78, 5) is 16.3. The van der Waals surface area contributed by atoms with Gasteiger partial charge in [0.05, 0.1) is 6.04 Å². The van der Waals surface area contributed by atoms with Crippen molar-refractivity contribution in [3.05, 3.63) is 87.4 Å². The monoisotopic (exact) mass is 402 g/mol. The molecule has 3 N–H and O–H groups in total. The fraction of sp³-hybridized carbons (Fsp3) is 0.174. The number of hydrogen-bond donors (Lipinski definition) is 3. The Morgan fingerprint density at radius 3 is 2.70 bits per heavy atom. The summed E-state index contributed by atoms with van der Waals surface area (Å²) in [5, 5.41) is 22.2. The van der Waals surface area contributed by atoms with Crippen LogP contribution in [-0.4, -0.2) is 21.7 Å². The first-order valence-corrected chi connectivity index (χ1v) is 9.79. The highest BCUT2D eigenvalue weighted by atomic mass is 19.1. The molecule has 3 aromatic rings. The summed E-state index contributed by atoms with van der Waals surface area (Å²) in [5.41, 5.74) is 4.75. The molecule has 0 radical (unpaired) electrons. The normalized spacial score (nSPS) is 17.5. The minimum Gasteiger partial charge on any atom is -0.508 e. The number of rotatable bonds is 2. The largest absolute Gasteiger partial charge is 0.508 e. The lowest BCUT2D eigenvalue weighted by molar-refractivity contribution is 0.0941. The van der Waals surface area contributed by atoms with Crippen molar-refractivity contribution in [2.45, 2.75) is 25.8 Å². The quantitative estimate of drug-likeness (QED) is 0.615. The van der Waals surface area contributed by atoms with Crippen LogP contribution in [0, 0.1) is 5.82 Å². The van der Waals surface area contributed by atoms with Crippen LogP contribution in [0.4, 0.5) is 4.39 Å². The van der Waals surface area contributed by atoms with Gasteiger partial charge in [-0.15, -0.1) is 5.10 Å². The van der Waals surface area contributed by atoms with Gasteiger partial charge in [0, 0.05) is 46.3 Å². The summed E-state index contributed by atoms with van der Waals surface area (Å²) < 4.78 is 14.8. The van der Waals surface area contributed by atoms with Crippen LogP contribution in [0.15, 0.2) is 58.9 Å². The van der Waals surface area contributed by atoms with Crippen molar-refractivity contribution in [1.29, 1.82) is 0 Å². The number of aromatic amines is 1. The summed E-state index contributed by atoms with van der Waals surface area (Å²) >= 11 is 0. The molecule has 1 aromatic heterocycles. The van der Waals surface area contributed by atoms with Crippen LogP contribution >= 0.6 is 0 Å². The number of benzene rings is 2. The van der Waals surface area contributed by atoms with E-state index in [-0.39, 0.29) is 17.2 Å². The average Bonchev–Trinajstić information content (AvgIpc) is 3.06. The van der Waals surface area contributed by atoms with Crippen LogP contribution in [0.3, 0.4) is 0 Å². The minimum absolute atomic E-state index is 0.171. The maximum Gasteiger partial charge on any atom is 0.252 e. The third-order valence-corrected chi connectivity index (χ3v) is 5.65. The molecule has 0 saturated heterocycles. The summed E-state index contributed by atoms with van der Waals surface area (Å²) in [5.74, 6) is -1.06. The molecule has 6 nitrogen and oxygen atoms in total. The van der Waals surface area contributed by atoms with Crippen molar-refractivity contribution >= 4 is 17.2 Å². The van der Waals surface area contributed by atoms with Gasteiger partial charge in [-0.1, -0.05) is 31.2 Å². The number of carbonyl (C=O) groups is 1. The predicted octanol–water partition coefficient (Wildman–Crippen LogP) is 2.68. The number of aromatic nitrogens is 1. The van der Waals surface area contributed by atoms with Gasteiger partial charge in [-0.2, -0.15) is 5.10 Å². The molecule has 3 heterocycles. The molecule has 30 heavy (non-hydrogen) atoms. The molecule has 0 fully saturated rings. The Balaban J connectivity index is 1.87. The molecule has 1 unspecified atom stereocenters. The second kappa shape index (κ2) is 6.95. The fourth-order valence-corrected chi connectivity index (χ4v) is 4.15. The Hall–Kier alpha value is -3.74. The van der Waals surface area contributed by atoms with E-state index in [0.29, 0.717) is 23.0 Å². The Labute approximate surface area is 171 Å². The third kappa shape index (κ3) is 2.82. The van der Waals surface area contributed by atoms with Crippen LogP contribution < -0.4 is 16.0 Å². The molecule has 1 atom stereocenters. The van der Waals surface area contributed by atoms with E-state index in [9.17, 15) is 14.3 Å². The summed E-state index contributed by atoms with van der Waals surface area (Å²) in [6, 6.07) is 10.6. The van der Waals surface area contributed by atoms with Gasteiger partial charge in [0.15, 0.2) is 5.49 Å². The summed E-state index contributed by atoms with van der Waals surface area (Å²) in [6.45, 7) is 2.02. The first-order valence-electron chi connectivity index (χ1n) is 9.79. The molecule has 0 bridgehead atoms. The summed E-state index contributed by atoms with van der Waals surface area (Å²) in [6.07, 6.45) is 3.02. The van der Waals surface area contributed by atoms with Crippen molar-refractivity contribution in [2.75, 3.05) is 0 Å². The summed E-state index contributed by atoms with van der Waals surface area (Å²) in [7, 11) is 0. The number of hydrogen-bond acceptors (Lipinski definition) is 4. The molecule has 0 spiro atoms. The van der Waals surface area contributed by atoms with E-state index in [4.69, 9.17) is 0 Å². The molecule has 2 aliphatic rings. The minimum atomic E-state index is -0.750. The molecule has 2 aromatic carbocycles. The van der Waals surface area contributed by atoms with Crippen molar-refractivity contribution in [3.63, 3.8) is 0 Å². The Kier molecular flexibility index (Phi) is 4.24. The zero-order chi connectivity index (χ0) is 20.8. The number of halogens is 1. The zero-order valence-electron chi connectivity index (χ0n) is 16.2. The van der Waals surface area contributed by atoms with E-state index >= 15 is 0 Å². The molecule has 2 aliphatic heterocycles. The van der Waals surface area contributed by atoms with Crippen LogP contribution in [0.25, 0.3) is 5.57 Å². The number of phenols is 1. The predicted molar refractivity (Wildman–Crippen MR) is 110 cm³/mol. The number of nitrogens with one attached hydrogen (secondary N) is 2. The van der Waals surface area contributed by atoms with E-state index in [1.54, 1.807) is 12.3 Å². The average molecular weight is 402 g/mol. The highest BCUT2D eigenvalue weighted by molar-refractivity contribution is 6.03. The van der Waals surface area contributed by atoms with Crippen molar-refractivity contribution in [1.82, 2.24) is 10.3 Å². The number of aromatic hydroxyl groups is 1. The van der Waals surface area contributed by atoms with E-state index < -0.39 is 11.9 Å². The Morgan fingerprint density at radius 2 is 1.93 bits per heavy atom. The SMILES string of the molecule is CCC1=NN=c2[nH]cc3c2=C(C1)c1ccccc1C(=O)NC3c1ccc(O)cc1F. The Bertz CT molecular complexity index is 1340. The van der Waals surface area contributed by atoms with E-state index in [0.717, 1.165) is 34.6 Å².